The van der Waals surface area contributed by atoms with Crippen molar-refractivity contribution in [3.63, 3.8) is 0 Å². The third-order valence-corrected chi connectivity index (χ3v) is 5.85. The van der Waals surface area contributed by atoms with Crippen LogP contribution in [0.4, 0.5) is 4.79 Å². The molecule has 0 aromatic heterocycles. The summed E-state index contributed by atoms with van der Waals surface area (Å²) in [6.45, 7) is 18.8. The minimum absolute atomic E-state index is 0.301. The van der Waals surface area contributed by atoms with Gasteiger partial charge >= 0.3 is 6.09 Å². The van der Waals surface area contributed by atoms with Crippen LogP contribution in [0.3, 0.4) is 0 Å². The highest BCUT2D eigenvalue weighted by molar-refractivity contribution is 6.38. The molecule has 1 heterocycles. The molecule has 1 rings (SSSR count). The normalized spacial score (nSPS) is 19.2. The van der Waals surface area contributed by atoms with E-state index in [4.69, 9.17) is 4.74 Å². The van der Waals surface area contributed by atoms with E-state index in [1.54, 1.807) is 27.7 Å². The van der Waals surface area contributed by atoms with E-state index in [2.05, 4.69) is 16.0 Å². The molecule has 0 spiro atoms. The van der Waals surface area contributed by atoms with Gasteiger partial charge in [-0.2, -0.15) is 0 Å². The summed E-state index contributed by atoms with van der Waals surface area (Å²) < 4.78 is 5.36. The number of Topliss-reactive ketones (excluding diaryl/α,β-unsaturated/α-hetero) is 1. The van der Waals surface area contributed by atoms with Gasteiger partial charge in [0.15, 0.2) is 0 Å². The second kappa shape index (κ2) is 12.1. The highest BCUT2D eigenvalue weighted by Crippen LogP contribution is 2.36. The number of ketones is 1. The van der Waals surface area contributed by atoms with Crippen molar-refractivity contribution in [1.82, 2.24) is 20.9 Å². The van der Waals surface area contributed by atoms with E-state index in [0.29, 0.717) is 32.4 Å². The van der Waals surface area contributed by atoms with E-state index in [0.717, 1.165) is 0 Å². The molecule has 10 heteroatoms. The van der Waals surface area contributed by atoms with Gasteiger partial charge in [0.2, 0.25) is 17.6 Å². The lowest BCUT2D eigenvalue weighted by Gasteiger charge is -2.36. The number of carbonyl (C=O) groups excluding carboxylic acids is 5. The number of carbonyl (C=O) groups is 5. The smallest absolute Gasteiger partial charge is 0.408 e. The van der Waals surface area contributed by atoms with Gasteiger partial charge in [0.1, 0.15) is 17.7 Å². The summed E-state index contributed by atoms with van der Waals surface area (Å²) in [6, 6.07) is -2.77. The van der Waals surface area contributed by atoms with Gasteiger partial charge in [-0.05, 0) is 51.4 Å². The highest BCUT2D eigenvalue weighted by Gasteiger charge is 2.48. The Morgan fingerprint density at radius 3 is 2.06 bits per heavy atom. The molecular weight excluding hydrogens is 464 g/mol. The number of alkyl carbamates (subject to hydrolysis) is 1. The van der Waals surface area contributed by atoms with Gasteiger partial charge in [-0.1, -0.05) is 48.0 Å². The van der Waals surface area contributed by atoms with E-state index < -0.39 is 58.7 Å². The zero-order valence-electron chi connectivity index (χ0n) is 23.7. The van der Waals surface area contributed by atoms with E-state index in [9.17, 15) is 24.0 Å². The van der Waals surface area contributed by atoms with Crippen LogP contribution in [0, 0.1) is 10.8 Å². The fraction of sp³-hybridized carbons (Fsp3) is 0.808. The Labute approximate surface area is 215 Å². The Bertz CT molecular complexity index is 840. The predicted octanol–water partition coefficient (Wildman–Crippen LogP) is 2.54. The molecule has 1 aliphatic heterocycles. The van der Waals surface area contributed by atoms with Crippen molar-refractivity contribution in [1.29, 1.82) is 0 Å². The van der Waals surface area contributed by atoms with Gasteiger partial charge in [-0.25, -0.2) is 4.79 Å². The minimum atomic E-state index is -0.979. The fourth-order valence-corrected chi connectivity index (χ4v) is 4.21. The van der Waals surface area contributed by atoms with E-state index in [-0.39, 0.29) is 5.41 Å². The molecule has 1 saturated heterocycles. The first-order chi connectivity index (χ1) is 16.3. The number of nitrogens with zero attached hydrogens (tertiary/aromatic N) is 1. The zero-order chi connectivity index (χ0) is 28.1. The van der Waals surface area contributed by atoms with Crippen molar-refractivity contribution < 1.29 is 28.7 Å². The van der Waals surface area contributed by atoms with Crippen molar-refractivity contribution in [2.75, 3.05) is 13.1 Å². The maximum Gasteiger partial charge on any atom is 0.408 e. The van der Waals surface area contributed by atoms with Crippen molar-refractivity contribution in [3.8, 4) is 0 Å². The molecule has 4 amide bonds. The summed E-state index contributed by atoms with van der Waals surface area (Å²) in [5.74, 6) is -2.34. The SMILES string of the molecule is CCCC(NC(=O)C1CC(C)(C)CN1C(=O)C(NC(=O)OC(C)(C)C)C(C)(C)C)C(=O)C(=O)NCC. The molecule has 0 radical (unpaired) electrons. The predicted molar refractivity (Wildman–Crippen MR) is 137 cm³/mol. The van der Waals surface area contributed by atoms with E-state index in [1.165, 1.54) is 4.90 Å². The Morgan fingerprint density at radius 2 is 1.58 bits per heavy atom. The van der Waals surface area contributed by atoms with Crippen LogP contribution < -0.4 is 16.0 Å². The molecule has 0 aromatic rings. The molecule has 3 atom stereocenters. The van der Waals surface area contributed by atoms with Crippen LogP contribution in [0.15, 0.2) is 0 Å². The topological polar surface area (TPSA) is 134 Å². The molecule has 36 heavy (non-hydrogen) atoms. The van der Waals surface area contributed by atoms with Crippen LogP contribution in [0.1, 0.15) is 88.5 Å². The Kier molecular flexibility index (Phi) is 10.5. The largest absolute Gasteiger partial charge is 0.444 e. The molecule has 0 saturated carbocycles. The molecule has 1 fully saturated rings. The third kappa shape index (κ3) is 9.09. The summed E-state index contributed by atoms with van der Waals surface area (Å²) in [5.41, 5.74) is -1.77. The standard InChI is InChI=1S/C26H46N4O6/c1-11-13-16(18(31)21(33)27-12-2)28-20(32)17-14-26(9,10)15-30(17)22(34)19(24(3,4)5)29-23(35)36-25(6,7)8/h16-17,19H,11-15H2,1-10H3,(H,27,33)(H,28,32)(H,29,35). The summed E-state index contributed by atoms with van der Waals surface area (Å²) in [4.78, 5) is 65.9. The van der Waals surface area contributed by atoms with Crippen LogP contribution in [0.5, 0.6) is 0 Å². The molecule has 0 aliphatic carbocycles. The number of amides is 4. The summed E-state index contributed by atoms with van der Waals surface area (Å²) in [5, 5.41) is 7.89. The zero-order valence-corrected chi connectivity index (χ0v) is 23.7. The first-order valence-corrected chi connectivity index (χ1v) is 12.8. The maximum absolute atomic E-state index is 13.8. The first kappa shape index (κ1) is 31.4. The van der Waals surface area contributed by atoms with Crippen LogP contribution in [-0.4, -0.2) is 71.3 Å². The fourth-order valence-electron chi connectivity index (χ4n) is 4.21. The molecule has 3 unspecified atom stereocenters. The minimum Gasteiger partial charge on any atom is -0.444 e. The lowest BCUT2D eigenvalue weighted by molar-refractivity contribution is -0.144. The van der Waals surface area contributed by atoms with E-state index >= 15 is 0 Å². The first-order valence-electron chi connectivity index (χ1n) is 12.8. The van der Waals surface area contributed by atoms with Crippen molar-refractivity contribution in [2.45, 2.75) is 112 Å². The van der Waals surface area contributed by atoms with E-state index in [1.807, 2.05) is 41.5 Å². The van der Waals surface area contributed by atoms with Crippen LogP contribution in [0.2, 0.25) is 0 Å². The number of likely N-dealkylation sites (tertiary alicyclic amines) is 1. The molecule has 3 N–H and O–H groups in total. The number of hydrogen-bond acceptors (Lipinski definition) is 6. The van der Waals surface area contributed by atoms with Gasteiger partial charge < -0.3 is 25.6 Å². The second-order valence-electron chi connectivity index (χ2n) is 12.4. The summed E-state index contributed by atoms with van der Waals surface area (Å²) >= 11 is 0. The maximum atomic E-state index is 13.8. The lowest BCUT2D eigenvalue weighted by atomic mass is 9.85. The number of ether oxygens (including phenoxy) is 1. The van der Waals surface area contributed by atoms with Crippen LogP contribution >= 0.6 is 0 Å². The number of nitrogens with one attached hydrogen (secondary N) is 3. The summed E-state index contributed by atoms with van der Waals surface area (Å²) in [7, 11) is 0. The number of likely N-dealkylation sites (N-methyl/N-ethyl adjacent to an activating group) is 1. The molecular formula is C26H46N4O6. The van der Waals surface area contributed by atoms with Crippen molar-refractivity contribution in [2.24, 2.45) is 10.8 Å². The van der Waals surface area contributed by atoms with Crippen LogP contribution in [0.25, 0.3) is 0 Å². The van der Waals surface area contributed by atoms with Crippen LogP contribution in [-0.2, 0) is 23.9 Å². The average molecular weight is 511 g/mol. The Morgan fingerprint density at radius 1 is 1.00 bits per heavy atom. The van der Waals surface area contributed by atoms with Crippen molar-refractivity contribution in [3.05, 3.63) is 0 Å². The monoisotopic (exact) mass is 510 g/mol. The number of rotatable bonds is 9. The molecule has 0 aromatic carbocycles. The van der Waals surface area contributed by atoms with Crippen molar-refractivity contribution >= 4 is 29.6 Å². The average Bonchev–Trinajstić information content (AvgIpc) is 3.04. The van der Waals surface area contributed by atoms with Gasteiger partial charge in [0, 0.05) is 13.1 Å². The Hall–Kier alpha value is -2.65. The highest BCUT2D eigenvalue weighted by atomic mass is 16.6. The lowest BCUT2D eigenvalue weighted by Crippen LogP contribution is -2.59. The van der Waals surface area contributed by atoms with Gasteiger partial charge in [0.25, 0.3) is 5.91 Å². The molecule has 0 bridgehead atoms. The molecule has 10 nitrogen and oxygen atoms in total. The summed E-state index contributed by atoms with van der Waals surface area (Å²) in [6.07, 6.45) is 0.546. The van der Waals surface area contributed by atoms with Gasteiger partial charge in [-0.3, -0.25) is 19.2 Å². The van der Waals surface area contributed by atoms with Gasteiger partial charge in [-0.15, -0.1) is 0 Å². The number of hydrogen-bond donors (Lipinski definition) is 3. The quantitative estimate of drug-likeness (QED) is 0.408. The second-order valence-corrected chi connectivity index (χ2v) is 12.4. The molecule has 206 valence electrons. The molecule has 1 aliphatic rings. The third-order valence-electron chi connectivity index (χ3n) is 5.85. The Balaban J connectivity index is 3.21. The van der Waals surface area contributed by atoms with Gasteiger partial charge in [0.05, 0.1) is 6.04 Å².